The largest absolute Gasteiger partial charge is 0.481 e. The quantitative estimate of drug-likeness (QED) is 0.713. The average Bonchev–Trinajstić information content (AvgIpc) is 2.30. The second-order valence-corrected chi connectivity index (χ2v) is 3.16. The molecule has 16 heavy (non-hydrogen) atoms. The summed E-state index contributed by atoms with van der Waals surface area (Å²) in [5, 5.41) is 0. The predicted octanol–water partition coefficient (Wildman–Crippen LogP) is 3.66. The molecular formula is C12H13F2NO. The van der Waals surface area contributed by atoms with Gasteiger partial charge in [-0.25, -0.2) is 4.98 Å². The van der Waals surface area contributed by atoms with Crippen LogP contribution in [0.5, 0.6) is 5.88 Å². The Hall–Kier alpha value is -1.71. The minimum atomic E-state index is -1.67. The Bertz CT molecular complexity index is 381. The molecule has 0 saturated carbocycles. The molecule has 1 aromatic rings. The summed E-state index contributed by atoms with van der Waals surface area (Å²) in [4.78, 5) is 3.89. The molecule has 0 bridgehead atoms. The van der Waals surface area contributed by atoms with Crippen LogP contribution in [0.3, 0.4) is 0 Å². The van der Waals surface area contributed by atoms with Crippen molar-refractivity contribution in [3.8, 4) is 5.88 Å². The van der Waals surface area contributed by atoms with Gasteiger partial charge in [-0.15, -0.1) is 6.58 Å². The summed E-state index contributed by atoms with van der Waals surface area (Å²) >= 11 is 0. The number of nitrogens with zero attached hydrogens (tertiary/aromatic N) is 1. The second kappa shape index (κ2) is 6.00. The van der Waals surface area contributed by atoms with E-state index in [2.05, 4.69) is 11.6 Å². The number of hydrogen-bond acceptors (Lipinski definition) is 2. The third kappa shape index (κ3) is 3.15. The lowest BCUT2D eigenvalue weighted by atomic mass is 10.0. The molecule has 0 atom stereocenters. The third-order valence-corrected chi connectivity index (χ3v) is 2.12. The Balaban J connectivity index is 2.94. The molecule has 0 fully saturated rings. The molecule has 86 valence electrons. The van der Waals surface area contributed by atoms with E-state index in [-0.39, 0.29) is 12.0 Å². The minimum absolute atomic E-state index is 0.00931. The van der Waals surface area contributed by atoms with Crippen molar-refractivity contribution in [3.05, 3.63) is 42.6 Å². The average molecular weight is 225 g/mol. The maximum absolute atomic E-state index is 12.7. The van der Waals surface area contributed by atoms with Crippen LogP contribution < -0.4 is 4.74 Å². The van der Waals surface area contributed by atoms with Crippen LogP contribution in [0.15, 0.2) is 37.1 Å². The lowest BCUT2D eigenvalue weighted by Crippen LogP contribution is -1.91. The first-order chi connectivity index (χ1) is 7.69. The van der Waals surface area contributed by atoms with Gasteiger partial charge in [0, 0.05) is 23.4 Å². The fourth-order valence-corrected chi connectivity index (χ4v) is 1.27. The first-order valence-electron chi connectivity index (χ1n) is 4.84. The van der Waals surface area contributed by atoms with Gasteiger partial charge < -0.3 is 4.74 Å². The number of allylic oxidation sites excluding steroid dienone is 2. The van der Waals surface area contributed by atoms with Crippen molar-refractivity contribution < 1.29 is 13.5 Å². The van der Waals surface area contributed by atoms with Gasteiger partial charge in [0.15, 0.2) is 0 Å². The van der Waals surface area contributed by atoms with Crippen molar-refractivity contribution in [1.29, 1.82) is 0 Å². The van der Waals surface area contributed by atoms with Crippen molar-refractivity contribution >= 4 is 5.57 Å². The van der Waals surface area contributed by atoms with E-state index in [1.807, 2.05) is 0 Å². The molecule has 0 aliphatic carbocycles. The smallest absolute Gasteiger partial charge is 0.274 e. The Kier molecular flexibility index (Phi) is 4.64. The Morgan fingerprint density at radius 1 is 1.50 bits per heavy atom. The normalized spacial score (nSPS) is 9.69. The standard InChI is InChI=1S/C12H13F2NO/c1-3-4-5-10(12(13)14)9-6-7-11(16-2)15-8-9/h3,6-8H,1,4-5H2,2H3. The maximum atomic E-state index is 12.7. The van der Waals surface area contributed by atoms with Gasteiger partial charge in [-0.05, 0) is 18.9 Å². The van der Waals surface area contributed by atoms with E-state index < -0.39 is 6.08 Å². The van der Waals surface area contributed by atoms with Crippen molar-refractivity contribution in [2.45, 2.75) is 12.8 Å². The van der Waals surface area contributed by atoms with E-state index >= 15 is 0 Å². The fraction of sp³-hybridized carbons (Fsp3) is 0.250. The van der Waals surface area contributed by atoms with E-state index in [0.29, 0.717) is 17.9 Å². The lowest BCUT2D eigenvalue weighted by Gasteiger charge is -2.05. The van der Waals surface area contributed by atoms with Gasteiger partial charge in [-0.2, -0.15) is 8.78 Å². The number of hydrogen-bond donors (Lipinski definition) is 0. The number of aromatic nitrogens is 1. The van der Waals surface area contributed by atoms with Gasteiger partial charge in [-0.3, -0.25) is 0 Å². The van der Waals surface area contributed by atoms with Gasteiger partial charge in [0.05, 0.1) is 7.11 Å². The van der Waals surface area contributed by atoms with E-state index in [9.17, 15) is 8.78 Å². The second-order valence-electron chi connectivity index (χ2n) is 3.16. The van der Waals surface area contributed by atoms with Crippen LogP contribution in [0, 0.1) is 0 Å². The van der Waals surface area contributed by atoms with E-state index in [1.165, 1.54) is 13.3 Å². The van der Waals surface area contributed by atoms with Crippen LogP contribution in [0.2, 0.25) is 0 Å². The van der Waals surface area contributed by atoms with Crippen LogP contribution in [0.25, 0.3) is 5.57 Å². The summed E-state index contributed by atoms with van der Waals surface area (Å²) in [6, 6.07) is 3.13. The molecule has 1 heterocycles. The molecule has 1 rings (SSSR count). The zero-order valence-electron chi connectivity index (χ0n) is 9.04. The summed E-state index contributed by atoms with van der Waals surface area (Å²) in [5.74, 6) is 0.408. The van der Waals surface area contributed by atoms with Gasteiger partial charge in [0.25, 0.3) is 6.08 Å². The van der Waals surface area contributed by atoms with Gasteiger partial charge in [0.2, 0.25) is 5.88 Å². The SMILES string of the molecule is C=CCCC(=C(F)F)c1ccc(OC)nc1. The van der Waals surface area contributed by atoms with Crippen LogP contribution in [0.1, 0.15) is 18.4 Å². The Labute approximate surface area is 93.3 Å². The molecule has 0 aromatic carbocycles. The predicted molar refractivity (Wildman–Crippen MR) is 59.4 cm³/mol. The third-order valence-electron chi connectivity index (χ3n) is 2.12. The minimum Gasteiger partial charge on any atom is -0.481 e. The van der Waals surface area contributed by atoms with Crippen molar-refractivity contribution in [1.82, 2.24) is 4.98 Å². The number of halogens is 2. The van der Waals surface area contributed by atoms with Crippen molar-refractivity contribution in [2.75, 3.05) is 7.11 Å². The van der Waals surface area contributed by atoms with Crippen LogP contribution in [-0.4, -0.2) is 12.1 Å². The van der Waals surface area contributed by atoms with Gasteiger partial charge >= 0.3 is 0 Å². The van der Waals surface area contributed by atoms with Gasteiger partial charge in [-0.1, -0.05) is 6.08 Å². The number of rotatable bonds is 5. The van der Waals surface area contributed by atoms with E-state index in [4.69, 9.17) is 4.74 Å². The molecule has 0 spiro atoms. The van der Waals surface area contributed by atoms with Crippen molar-refractivity contribution in [3.63, 3.8) is 0 Å². The Morgan fingerprint density at radius 2 is 2.25 bits per heavy atom. The summed E-state index contributed by atoms with van der Waals surface area (Å²) in [6.07, 6.45) is 2.10. The highest BCUT2D eigenvalue weighted by atomic mass is 19.3. The van der Waals surface area contributed by atoms with Crippen molar-refractivity contribution in [2.24, 2.45) is 0 Å². The van der Waals surface area contributed by atoms with E-state index in [1.54, 1.807) is 18.2 Å². The fourth-order valence-electron chi connectivity index (χ4n) is 1.27. The van der Waals surface area contributed by atoms with E-state index in [0.717, 1.165) is 0 Å². The highest BCUT2D eigenvalue weighted by Crippen LogP contribution is 2.26. The zero-order chi connectivity index (χ0) is 12.0. The maximum Gasteiger partial charge on any atom is 0.274 e. The molecular weight excluding hydrogens is 212 g/mol. The number of pyridine rings is 1. The molecule has 0 unspecified atom stereocenters. The number of methoxy groups -OCH3 is 1. The molecule has 1 aromatic heterocycles. The molecule has 0 radical (unpaired) electrons. The van der Waals surface area contributed by atoms with Crippen LogP contribution in [0.4, 0.5) is 8.78 Å². The van der Waals surface area contributed by atoms with Crippen LogP contribution >= 0.6 is 0 Å². The highest BCUT2D eigenvalue weighted by Gasteiger charge is 2.09. The molecule has 2 nitrogen and oxygen atoms in total. The summed E-state index contributed by atoms with van der Waals surface area (Å²) in [6.45, 7) is 3.51. The molecule has 0 aliphatic heterocycles. The zero-order valence-corrected chi connectivity index (χ0v) is 9.04. The summed E-state index contributed by atoms with van der Waals surface area (Å²) < 4.78 is 30.2. The summed E-state index contributed by atoms with van der Waals surface area (Å²) in [5.41, 5.74) is 0.428. The molecule has 0 aliphatic rings. The van der Waals surface area contributed by atoms with Gasteiger partial charge in [0.1, 0.15) is 0 Å². The van der Waals surface area contributed by atoms with Crippen LogP contribution in [-0.2, 0) is 0 Å². The molecule has 4 heteroatoms. The topological polar surface area (TPSA) is 22.1 Å². The monoisotopic (exact) mass is 225 g/mol. The highest BCUT2D eigenvalue weighted by molar-refractivity contribution is 5.65. The Morgan fingerprint density at radius 3 is 2.69 bits per heavy atom. The number of ether oxygens (including phenoxy) is 1. The molecule has 0 amide bonds. The first-order valence-corrected chi connectivity index (χ1v) is 4.84. The molecule has 0 saturated heterocycles. The first kappa shape index (κ1) is 12.4. The summed E-state index contributed by atoms with van der Waals surface area (Å²) in [7, 11) is 1.48. The lowest BCUT2D eigenvalue weighted by molar-refractivity contribution is 0.397. The molecule has 0 N–H and O–H groups in total.